The van der Waals surface area contributed by atoms with Gasteiger partial charge in [0.1, 0.15) is 17.2 Å². The van der Waals surface area contributed by atoms with Gasteiger partial charge in [-0.2, -0.15) is 17.6 Å². The van der Waals surface area contributed by atoms with Crippen LogP contribution in [0.5, 0.6) is 5.75 Å². The number of urea groups is 1. The molecule has 6 nitrogen and oxygen atoms in total. The summed E-state index contributed by atoms with van der Waals surface area (Å²) in [6.45, 7) is 0. The Labute approximate surface area is 209 Å². The van der Waals surface area contributed by atoms with Gasteiger partial charge in [-0.25, -0.2) is 13.6 Å². The Morgan fingerprint density at radius 3 is 1.89 bits per heavy atom. The van der Waals surface area contributed by atoms with Gasteiger partial charge in [-0.3, -0.25) is 10.1 Å². The molecule has 4 N–H and O–H groups in total. The fraction of sp³-hybridized carbons (Fsp3) is 0.0909. The van der Waals surface area contributed by atoms with E-state index in [-0.39, 0.29) is 5.69 Å². The Morgan fingerprint density at radius 2 is 1.44 bits per heavy atom. The second-order valence-corrected chi connectivity index (χ2v) is 7.46. The Morgan fingerprint density at radius 1 is 0.917 bits per heavy atom. The molecule has 0 aromatic heterocycles. The zero-order valence-electron chi connectivity index (χ0n) is 17.7. The largest absolute Gasteiger partial charge is 0.461 e. The summed E-state index contributed by atoms with van der Waals surface area (Å²) in [6.07, 6.45) is -9.04. The number of alkyl halides is 4. The molecule has 0 radical (unpaired) electrons. The normalized spacial score (nSPS) is 10.8. The maximum atomic E-state index is 13.5. The molecule has 0 aliphatic rings. The predicted molar refractivity (Wildman–Crippen MR) is 122 cm³/mol. The lowest BCUT2D eigenvalue weighted by atomic mass is 10.2. The van der Waals surface area contributed by atoms with Gasteiger partial charge in [-0.05, 0) is 36.4 Å². The minimum atomic E-state index is -4.88. The van der Waals surface area contributed by atoms with Crippen molar-refractivity contribution >= 4 is 46.5 Å². The first-order chi connectivity index (χ1) is 16.8. The Kier molecular flexibility index (Phi) is 9.82. The van der Waals surface area contributed by atoms with E-state index in [9.17, 15) is 35.9 Å². The Balaban J connectivity index is 0.000000558. The van der Waals surface area contributed by atoms with Crippen molar-refractivity contribution in [3.8, 4) is 5.75 Å². The van der Waals surface area contributed by atoms with Crippen LogP contribution in [0.1, 0.15) is 10.4 Å². The third-order valence-corrected chi connectivity index (χ3v) is 4.53. The number of benzene rings is 3. The van der Waals surface area contributed by atoms with Gasteiger partial charge in [-0.15, -0.1) is 0 Å². The SMILES string of the molecule is Nc1ccccc1.O=C(NC(=O)c1c(F)cccc1F)Nc1cc(Cl)c(OC(F)(F)C(F)F)c(Cl)c1. The average Bonchev–Trinajstić information content (AvgIpc) is 2.77. The molecule has 3 rings (SSSR count). The molecule has 0 saturated heterocycles. The van der Waals surface area contributed by atoms with E-state index in [0.717, 1.165) is 36.0 Å². The summed E-state index contributed by atoms with van der Waals surface area (Å²) >= 11 is 11.3. The van der Waals surface area contributed by atoms with Crippen LogP contribution in [0.4, 0.5) is 42.5 Å². The van der Waals surface area contributed by atoms with Crippen LogP contribution in [0.25, 0.3) is 0 Å². The molecule has 0 spiro atoms. The van der Waals surface area contributed by atoms with Crippen LogP contribution in [-0.4, -0.2) is 24.5 Å². The first-order valence-corrected chi connectivity index (χ1v) is 10.3. The number of imide groups is 1. The fourth-order valence-corrected chi connectivity index (χ4v) is 2.97. The molecule has 0 bridgehead atoms. The molecule has 0 saturated carbocycles. The molecular weight excluding hydrogens is 539 g/mol. The molecule has 0 heterocycles. The molecule has 192 valence electrons. The monoisotopic (exact) mass is 553 g/mol. The highest BCUT2D eigenvalue weighted by molar-refractivity contribution is 6.37. The summed E-state index contributed by atoms with van der Waals surface area (Å²) in [5, 5.41) is 2.29. The zero-order valence-corrected chi connectivity index (χ0v) is 19.2. The quantitative estimate of drug-likeness (QED) is 0.241. The second-order valence-electron chi connectivity index (χ2n) is 6.65. The highest BCUT2D eigenvalue weighted by Gasteiger charge is 2.45. The highest BCUT2D eigenvalue weighted by Crippen LogP contribution is 2.40. The number of nitrogen functional groups attached to an aromatic ring is 1. The summed E-state index contributed by atoms with van der Waals surface area (Å²) < 4.78 is 81.3. The van der Waals surface area contributed by atoms with Crippen molar-refractivity contribution in [2.45, 2.75) is 12.5 Å². The van der Waals surface area contributed by atoms with E-state index >= 15 is 0 Å². The molecule has 0 aliphatic heterocycles. The van der Waals surface area contributed by atoms with E-state index in [4.69, 9.17) is 28.9 Å². The van der Waals surface area contributed by atoms with E-state index < -0.39 is 57.5 Å². The number of rotatable bonds is 5. The third kappa shape index (κ3) is 7.95. The van der Waals surface area contributed by atoms with Gasteiger partial charge in [-0.1, -0.05) is 47.5 Å². The summed E-state index contributed by atoms with van der Waals surface area (Å²) in [4.78, 5) is 23.6. The van der Waals surface area contributed by atoms with E-state index in [1.165, 1.54) is 0 Å². The number of para-hydroxylation sites is 1. The number of nitrogens with one attached hydrogen (secondary N) is 2. The summed E-state index contributed by atoms with van der Waals surface area (Å²) in [7, 11) is 0. The number of hydrogen-bond donors (Lipinski definition) is 3. The molecule has 0 atom stereocenters. The maximum Gasteiger partial charge on any atom is 0.461 e. The number of nitrogens with two attached hydrogens (primary N) is 1. The van der Waals surface area contributed by atoms with E-state index in [2.05, 4.69) is 4.74 Å². The first kappa shape index (κ1) is 28.6. The van der Waals surface area contributed by atoms with Crippen molar-refractivity contribution in [1.82, 2.24) is 5.32 Å². The van der Waals surface area contributed by atoms with Gasteiger partial charge in [0.25, 0.3) is 5.91 Å². The zero-order chi connectivity index (χ0) is 27.0. The van der Waals surface area contributed by atoms with Gasteiger partial charge in [0.05, 0.1) is 10.0 Å². The minimum Gasteiger partial charge on any atom is -0.425 e. The van der Waals surface area contributed by atoms with Crippen LogP contribution in [0.2, 0.25) is 10.0 Å². The number of amides is 3. The maximum absolute atomic E-state index is 13.5. The van der Waals surface area contributed by atoms with Gasteiger partial charge >= 0.3 is 18.6 Å². The van der Waals surface area contributed by atoms with Crippen molar-refractivity contribution < 1.29 is 40.7 Å². The molecule has 3 aromatic rings. The molecular formula is C22H15Cl2F6N3O3. The highest BCUT2D eigenvalue weighted by atomic mass is 35.5. The van der Waals surface area contributed by atoms with Crippen LogP contribution < -0.4 is 21.1 Å². The molecule has 0 unspecified atom stereocenters. The number of anilines is 2. The lowest BCUT2D eigenvalue weighted by Gasteiger charge is -2.19. The topological polar surface area (TPSA) is 93.5 Å². The molecule has 14 heteroatoms. The van der Waals surface area contributed by atoms with Gasteiger partial charge in [0, 0.05) is 11.4 Å². The van der Waals surface area contributed by atoms with E-state index in [0.29, 0.717) is 0 Å². The van der Waals surface area contributed by atoms with Gasteiger partial charge in [0.15, 0.2) is 5.75 Å². The van der Waals surface area contributed by atoms with Crippen LogP contribution >= 0.6 is 23.2 Å². The Hall–Kier alpha value is -3.64. The van der Waals surface area contributed by atoms with Crippen LogP contribution in [0.3, 0.4) is 0 Å². The number of carbonyl (C=O) groups is 2. The van der Waals surface area contributed by atoms with Crippen LogP contribution in [0, 0.1) is 11.6 Å². The molecule has 0 fully saturated rings. The summed E-state index contributed by atoms with van der Waals surface area (Å²) in [6, 6.07) is 12.4. The molecule has 0 aliphatic carbocycles. The van der Waals surface area contributed by atoms with Crippen molar-refractivity contribution in [2.24, 2.45) is 0 Å². The average molecular weight is 554 g/mol. The minimum absolute atomic E-state index is 0.271. The number of hydrogen-bond acceptors (Lipinski definition) is 4. The lowest BCUT2D eigenvalue weighted by Crippen LogP contribution is -2.35. The van der Waals surface area contributed by atoms with Gasteiger partial charge in [0.2, 0.25) is 0 Å². The molecule has 3 amide bonds. The molecule has 36 heavy (non-hydrogen) atoms. The summed E-state index contributed by atoms with van der Waals surface area (Å²) in [5.41, 5.74) is 4.89. The summed E-state index contributed by atoms with van der Waals surface area (Å²) in [5.74, 6) is -4.83. The van der Waals surface area contributed by atoms with Crippen molar-refractivity contribution in [1.29, 1.82) is 0 Å². The van der Waals surface area contributed by atoms with Crippen molar-refractivity contribution in [3.63, 3.8) is 0 Å². The van der Waals surface area contributed by atoms with Crippen molar-refractivity contribution in [3.05, 3.63) is 87.9 Å². The standard InChI is InChI=1S/C16H8Cl2F6N2O3.C6H7N/c17-7-4-6(5-8(18)12(7)29-16(23,24)14(21)22)25-15(28)26-13(27)11-9(19)2-1-3-10(11)20;7-6-4-2-1-3-5-6/h1-5,14H,(H2,25,26,27,28);1-5H,7H2. The van der Waals surface area contributed by atoms with E-state index in [1.54, 1.807) is 5.32 Å². The fourth-order valence-electron chi connectivity index (χ4n) is 2.41. The first-order valence-electron chi connectivity index (χ1n) is 9.52. The number of carbonyl (C=O) groups excluding carboxylic acids is 2. The molecule has 3 aromatic carbocycles. The van der Waals surface area contributed by atoms with Crippen molar-refractivity contribution in [2.75, 3.05) is 11.1 Å². The van der Waals surface area contributed by atoms with Gasteiger partial charge < -0.3 is 15.8 Å². The predicted octanol–water partition coefficient (Wildman–Crippen LogP) is 6.74. The number of ether oxygens (including phenoxy) is 1. The van der Waals surface area contributed by atoms with Crippen LogP contribution in [0.15, 0.2) is 60.7 Å². The number of halogens is 8. The second kappa shape index (κ2) is 12.4. The van der Waals surface area contributed by atoms with E-state index in [1.807, 2.05) is 35.6 Å². The smallest absolute Gasteiger partial charge is 0.425 e. The Bertz CT molecular complexity index is 1190. The van der Waals surface area contributed by atoms with Crippen LogP contribution in [-0.2, 0) is 0 Å². The third-order valence-electron chi connectivity index (χ3n) is 3.96. The lowest BCUT2D eigenvalue weighted by molar-refractivity contribution is -0.253.